The van der Waals surface area contributed by atoms with Gasteiger partial charge in [-0.2, -0.15) is 0 Å². The van der Waals surface area contributed by atoms with Crippen molar-refractivity contribution in [3.05, 3.63) is 58.2 Å². The Balaban J connectivity index is 2.21. The quantitative estimate of drug-likeness (QED) is 0.840. The van der Waals surface area contributed by atoms with Crippen LogP contribution < -0.4 is 5.73 Å². The zero-order chi connectivity index (χ0) is 13.8. The third-order valence-corrected chi connectivity index (χ3v) is 4.54. The molecule has 1 aromatic heterocycles. The summed E-state index contributed by atoms with van der Waals surface area (Å²) < 4.78 is 0. The van der Waals surface area contributed by atoms with E-state index >= 15 is 0 Å². The first-order valence-electron chi connectivity index (χ1n) is 5.85. The van der Waals surface area contributed by atoms with Crippen LogP contribution in [0.4, 0.5) is 0 Å². The number of nitrogens with zero attached hydrogens (tertiary/aromatic N) is 1. The molecule has 0 amide bonds. The summed E-state index contributed by atoms with van der Waals surface area (Å²) in [5.41, 5.74) is 7.22. The van der Waals surface area contributed by atoms with E-state index in [4.69, 9.17) is 28.9 Å². The topological polar surface area (TPSA) is 38.9 Å². The van der Waals surface area contributed by atoms with Crippen molar-refractivity contribution >= 4 is 35.0 Å². The van der Waals surface area contributed by atoms with Crippen LogP contribution in [0.25, 0.3) is 0 Å². The fraction of sp³-hybridized carbons (Fsp3) is 0.214. The molecular formula is C14H14Cl2N2S. The van der Waals surface area contributed by atoms with Crippen molar-refractivity contribution in [2.75, 3.05) is 0 Å². The number of nitrogens with two attached hydrogens (primary N) is 1. The van der Waals surface area contributed by atoms with E-state index in [1.807, 2.05) is 43.3 Å². The summed E-state index contributed by atoms with van der Waals surface area (Å²) in [6.45, 7) is 1.99. The van der Waals surface area contributed by atoms with Gasteiger partial charge in [0.15, 0.2) is 0 Å². The van der Waals surface area contributed by atoms with Crippen molar-refractivity contribution in [3.8, 4) is 0 Å². The monoisotopic (exact) mass is 312 g/mol. The predicted octanol–water partition coefficient (Wildman–Crippen LogP) is 4.57. The second-order valence-electron chi connectivity index (χ2n) is 4.26. The lowest BCUT2D eigenvalue weighted by Gasteiger charge is -2.20. The summed E-state index contributed by atoms with van der Waals surface area (Å²) >= 11 is 13.4. The number of rotatable bonds is 4. The largest absolute Gasteiger partial charge is 0.327 e. The van der Waals surface area contributed by atoms with Crippen molar-refractivity contribution in [1.29, 1.82) is 0 Å². The van der Waals surface area contributed by atoms with Gasteiger partial charge < -0.3 is 5.73 Å². The van der Waals surface area contributed by atoms with Gasteiger partial charge in [0, 0.05) is 17.3 Å². The first-order valence-corrected chi connectivity index (χ1v) is 7.49. The van der Waals surface area contributed by atoms with Gasteiger partial charge in [0.25, 0.3) is 0 Å². The Hall–Kier alpha value is -0.740. The van der Waals surface area contributed by atoms with E-state index in [9.17, 15) is 0 Å². The average molecular weight is 313 g/mol. The zero-order valence-electron chi connectivity index (χ0n) is 10.4. The van der Waals surface area contributed by atoms with Crippen molar-refractivity contribution in [3.63, 3.8) is 0 Å². The van der Waals surface area contributed by atoms with E-state index in [1.165, 1.54) is 0 Å². The van der Waals surface area contributed by atoms with Gasteiger partial charge in [-0.1, -0.05) is 47.1 Å². The van der Waals surface area contributed by atoms with Gasteiger partial charge in [-0.15, -0.1) is 0 Å². The molecule has 2 rings (SSSR count). The van der Waals surface area contributed by atoms with Crippen molar-refractivity contribution < 1.29 is 0 Å². The molecule has 1 heterocycles. The SMILES string of the molecule is CC(N)C(Sc1ccc(Cl)cn1)c1ccc(Cl)cc1. The Labute approximate surface area is 127 Å². The molecular weight excluding hydrogens is 299 g/mol. The van der Waals surface area contributed by atoms with E-state index in [0.717, 1.165) is 15.6 Å². The Morgan fingerprint density at radius 1 is 1.05 bits per heavy atom. The Kier molecular flexibility index (Phi) is 5.11. The average Bonchev–Trinajstić information content (AvgIpc) is 2.39. The first-order chi connectivity index (χ1) is 9.06. The summed E-state index contributed by atoms with van der Waals surface area (Å²) in [4.78, 5) is 4.29. The molecule has 2 nitrogen and oxygen atoms in total. The maximum atomic E-state index is 6.08. The van der Waals surface area contributed by atoms with Gasteiger partial charge in [-0.25, -0.2) is 4.98 Å². The van der Waals surface area contributed by atoms with Crippen LogP contribution >= 0.6 is 35.0 Å². The molecule has 5 heteroatoms. The number of halogens is 2. The standard InChI is InChI=1S/C14H14Cl2N2S/c1-9(17)14(10-2-4-11(15)5-3-10)19-13-7-6-12(16)8-18-13/h2-9,14H,17H2,1H3. The van der Waals surface area contributed by atoms with Gasteiger partial charge in [0.1, 0.15) is 0 Å². The molecule has 0 radical (unpaired) electrons. The Bertz CT molecular complexity index is 526. The zero-order valence-corrected chi connectivity index (χ0v) is 12.7. The Morgan fingerprint density at radius 2 is 1.68 bits per heavy atom. The second-order valence-corrected chi connectivity index (χ2v) is 6.30. The minimum Gasteiger partial charge on any atom is -0.327 e. The van der Waals surface area contributed by atoms with Crippen LogP contribution in [-0.2, 0) is 0 Å². The number of thioether (sulfide) groups is 1. The smallest absolute Gasteiger partial charge is 0.0967 e. The third-order valence-electron chi connectivity index (χ3n) is 2.62. The van der Waals surface area contributed by atoms with Crippen molar-refractivity contribution in [2.24, 2.45) is 5.73 Å². The molecule has 0 aliphatic rings. The highest BCUT2D eigenvalue weighted by Gasteiger charge is 2.18. The molecule has 0 aliphatic carbocycles. The lowest BCUT2D eigenvalue weighted by atomic mass is 10.1. The van der Waals surface area contributed by atoms with E-state index in [0.29, 0.717) is 5.02 Å². The summed E-state index contributed by atoms with van der Waals surface area (Å²) in [6, 6.07) is 11.5. The molecule has 19 heavy (non-hydrogen) atoms. The Morgan fingerprint density at radius 3 is 2.21 bits per heavy atom. The van der Waals surface area contributed by atoms with Crippen molar-refractivity contribution in [2.45, 2.75) is 23.2 Å². The van der Waals surface area contributed by atoms with E-state index in [2.05, 4.69) is 4.98 Å². The minimum atomic E-state index is 0.00338. The summed E-state index contributed by atoms with van der Waals surface area (Å²) in [5, 5.41) is 2.39. The molecule has 0 bridgehead atoms. The molecule has 0 saturated heterocycles. The van der Waals surface area contributed by atoms with Gasteiger partial charge in [0.2, 0.25) is 0 Å². The first kappa shape index (κ1) is 14.7. The van der Waals surface area contributed by atoms with Crippen LogP contribution in [0.15, 0.2) is 47.6 Å². The maximum absolute atomic E-state index is 6.08. The molecule has 100 valence electrons. The third kappa shape index (κ3) is 4.11. The van der Waals surface area contributed by atoms with Crippen LogP contribution in [-0.4, -0.2) is 11.0 Å². The summed E-state index contributed by atoms with van der Waals surface area (Å²) in [6.07, 6.45) is 1.64. The molecule has 0 spiro atoms. The highest BCUT2D eigenvalue weighted by molar-refractivity contribution is 7.99. The minimum absolute atomic E-state index is 0.00338. The van der Waals surface area contributed by atoms with Crippen LogP contribution in [0.2, 0.25) is 10.0 Å². The summed E-state index contributed by atoms with van der Waals surface area (Å²) in [7, 11) is 0. The molecule has 2 unspecified atom stereocenters. The molecule has 2 atom stereocenters. The van der Waals surface area contributed by atoms with E-state index in [1.54, 1.807) is 18.0 Å². The molecule has 0 aliphatic heterocycles. The number of hydrogen-bond acceptors (Lipinski definition) is 3. The van der Waals surface area contributed by atoms with Gasteiger partial charge >= 0.3 is 0 Å². The normalized spacial score (nSPS) is 14.1. The van der Waals surface area contributed by atoms with Crippen molar-refractivity contribution in [1.82, 2.24) is 4.98 Å². The number of benzene rings is 1. The molecule has 1 aromatic carbocycles. The van der Waals surface area contributed by atoms with Crippen LogP contribution in [0.3, 0.4) is 0 Å². The predicted molar refractivity (Wildman–Crippen MR) is 82.9 cm³/mol. The van der Waals surface area contributed by atoms with E-state index < -0.39 is 0 Å². The number of pyridine rings is 1. The van der Waals surface area contributed by atoms with Crippen LogP contribution in [0, 0.1) is 0 Å². The van der Waals surface area contributed by atoms with Gasteiger partial charge in [0.05, 0.1) is 15.3 Å². The second kappa shape index (κ2) is 6.62. The molecule has 2 aromatic rings. The highest BCUT2D eigenvalue weighted by Crippen LogP contribution is 2.36. The molecule has 2 N–H and O–H groups in total. The molecule has 0 saturated carbocycles. The maximum Gasteiger partial charge on any atom is 0.0967 e. The lowest BCUT2D eigenvalue weighted by molar-refractivity contribution is 0.720. The van der Waals surface area contributed by atoms with Crippen LogP contribution in [0.1, 0.15) is 17.7 Å². The van der Waals surface area contributed by atoms with E-state index in [-0.39, 0.29) is 11.3 Å². The highest BCUT2D eigenvalue weighted by atomic mass is 35.5. The molecule has 0 fully saturated rings. The number of aromatic nitrogens is 1. The number of hydrogen-bond donors (Lipinski definition) is 1. The van der Waals surface area contributed by atoms with Crippen LogP contribution in [0.5, 0.6) is 0 Å². The summed E-state index contributed by atoms with van der Waals surface area (Å²) in [5.74, 6) is 0. The fourth-order valence-corrected chi connectivity index (χ4v) is 2.96. The lowest BCUT2D eigenvalue weighted by Crippen LogP contribution is -2.22. The fourth-order valence-electron chi connectivity index (χ4n) is 1.69. The van der Waals surface area contributed by atoms with Gasteiger partial charge in [-0.3, -0.25) is 0 Å². The van der Waals surface area contributed by atoms with Gasteiger partial charge in [-0.05, 0) is 36.8 Å².